The third-order valence-corrected chi connectivity index (χ3v) is 10.7. The Morgan fingerprint density at radius 3 is 2.15 bits per heavy atom. The van der Waals surface area contributed by atoms with E-state index in [2.05, 4.69) is 5.32 Å². The number of unbranched alkanes of at least 4 members (excludes halogenated alkanes) is 1. The maximum absolute atomic E-state index is 14.6. The first-order chi connectivity index (χ1) is 22.4. The summed E-state index contributed by atoms with van der Waals surface area (Å²) in [6, 6.07) is 24.4. The Labute approximate surface area is 292 Å². The summed E-state index contributed by atoms with van der Waals surface area (Å²) in [5.41, 5.74) is 3.62. The average molecular weight is 715 g/mol. The number of anilines is 1. The van der Waals surface area contributed by atoms with Crippen molar-refractivity contribution in [1.29, 1.82) is 0 Å². The molecule has 1 N–H and O–H groups in total. The van der Waals surface area contributed by atoms with Crippen LogP contribution in [0.15, 0.2) is 95.9 Å². The van der Waals surface area contributed by atoms with Gasteiger partial charge in [0.2, 0.25) is 11.8 Å². The molecule has 11 heteroatoms. The van der Waals surface area contributed by atoms with Crippen LogP contribution in [-0.4, -0.2) is 44.3 Å². The van der Waals surface area contributed by atoms with Gasteiger partial charge in [-0.2, -0.15) is 0 Å². The lowest BCUT2D eigenvalue weighted by Gasteiger charge is -2.34. The number of nitrogens with zero attached hydrogens (tertiary/aromatic N) is 2. The standard InChI is InChI=1S/C36H38Cl3N3O4S/c1-4-5-19-40-36(44)34(22-27-9-7-6-8-10-27)41(23-28-12-18-32(38)33(39)21-28)35(43)24-42(30-15-11-25(2)26(3)20-30)47(45,46)31-16-13-29(37)14-17-31/h6-18,20-21,34H,4-5,19,22-24H2,1-3H3,(H,40,44)/t34-/m0/s1. The van der Waals surface area contributed by atoms with Gasteiger partial charge in [-0.25, -0.2) is 8.42 Å². The van der Waals surface area contributed by atoms with Crippen LogP contribution in [0.25, 0.3) is 0 Å². The van der Waals surface area contributed by atoms with Gasteiger partial charge in [-0.05, 0) is 91.1 Å². The fraction of sp³-hybridized carbons (Fsp3) is 0.278. The maximum Gasteiger partial charge on any atom is 0.264 e. The molecule has 0 aliphatic rings. The van der Waals surface area contributed by atoms with Crippen LogP contribution in [0.4, 0.5) is 5.69 Å². The Bertz CT molecular complexity index is 1800. The van der Waals surface area contributed by atoms with Gasteiger partial charge in [0.1, 0.15) is 12.6 Å². The van der Waals surface area contributed by atoms with E-state index in [-0.39, 0.29) is 23.8 Å². The van der Waals surface area contributed by atoms with Crippen LogP contribution in [0.2, 0.25) is 15.1 Å². The lowest BCUT2D eigenvalue weighted by molar-refractivity contribution is -0.140. The first kappa shape index (κ1) is 36.3. The SMILES string of the molecule is CCCCNC(=O)[C@H](Cc1ccccc1)N(Cc1ccc(Cl)c(Cl)c1)C(=O)CN(c1ccc(C)c(C)c1)S(=O)(=O)c1ccc(Cl)cc1. The monoisotopic (exact) mass is 713 g/mol. The van der Waals surface area contributed by atoms with Crippen LogP contribution in [0.3, 0.4) is 0 Å². The van der Waals surface area contributed by atoms with Crippen molar-refractivity contribution in [3.63, 3.8) is 0 Å². The number of rotatable bonds is 14. The highest BCUT2D eigenvalue weighted by Crippen LogP contribution is 2.28. The van der Waals surface area contributed by atoms with Crippen LogP contribution in [-0.2, 0) is 32.6 Å². The second-order valence-electron chi connectivity index (χ2n) is 11.4. The van der Waals surface area contributed by atoms with E-state index in [0.29, 0.717) is 32.9 Å². The highest BCUT2D eigenvalue weighted by Gasteiger charge is 2.34. The summed E-state index contributed by atoms with van der Waals surface area (Å²) in [4.78, 5) is 29.9. The van der Waals surface area contributed by atoms with Gasteiger partial charge >= 0.3 is 0 Å². The Balaban J connectivity index is 1.82. The highest BCUT2D eigenvalue weighted by atomic mass is 35.5. The van der Waals surface area contributed by atoms with Crippen molar-refractivity contribution in [2.24, 2.45) is 0 Å². The van der Waals surface area contributed by atoms with E-state index < -0.39 is 28.5 Å². The van der Waals surface area contributed by atoms with Gasteiger partial charge in [-0.1, -0.05) is 90.6 Å². The number of amides is 2. The van der Waals surface area contributed by atoms with Gasteiger partial charge in [-0.3, -0.25) is 13.9 Å². The number of aryl methyl sites for hydroxylation is 2. The summed E-state index contributed by atoms with van der Waals surface area (Å²) in [5, 5.41) is 4.00. The molecule has 0 spiro atoms. The van der Waals surface area contributed by atoms with Crippen molar-refractivity contribution in [3.05, 3.63) is 128 Å². The molecule has 7 nitrogen and oxygen atoms in total. The fourth-order valence-corrected chi connectivity index (χ4v) is 6.89. The number of halogens is 3. The number of carbonyl (C=O) groups excluding carboxylic acids is 2. The molecule has 0 aliphatic carbocycles. The van der Waals surface area contributed by atoms with Crippen molar-refractivity contribution in [1.82, 2.24) is 10.2 Å². The van der Waals surface area contributed by atoms with Crippen molar-refractivity contribution in [2.45, 2.75) is 57.5 Å². The van der Waals surface area contributed by atoms with Gasteiger partial charge in [0, 0.05) is 24.5 Å². The number of hydrogen-bond donors (Lipinski definition) is 1. The molecule has 248 valence electrons. The molecule has 0 fully saturated rings. The summed E-state index contributed by atoms with van der Waals surface area (Å²) in [6.45, 7) is 5.68. The van der Waals surface area contributed by atoms with E-state index in [1.165, 1.54) is 29.2 Å². The molecule has 1 atom stereocenters. The molecule has 4 aromatic rings. The van der Waals surface area contributed by atoms with E-state index in [1.807, 2.05) is 57.2 Å². The van der Waals surface area contributed by atoms with Crippen LogP contribution in [0, 0.1) is 13.8 Å². The molecule has 0 unspecified atom stereocenters. The summed E-state index contributed by atoms with van der Waals surface area (Å²) in [7, 11) is -4.25. The van der Waals surface area contributed by atoms with Gasteiger partial charge in [0.15, 0.2) is 0 Å². The molecule has 0 bridgehead atoms. The zero-order chi connectivity index (χ0) is 34.1. The lowest BCUT2D eigenvalue weighted by Crippen LogP contribution is -2.53. The summed E-state index contributed by atoms with van der Waals surface area (Å²) < 4.78 is 29.5. The highest BCUT2D eigenvalue weighted by molar-refractivity contribution is 7.92. The average Bonchev–Trinajstić information content (AvgIpc) is 3.05. The number of carbonyl (C=O) groups is 2. The third-order valence-electron chi connectivity index (χ3n) is 7.90. The van der Waals surface area contributed by atoms with Crippen LogP contribution in [0.5, 0.6) is 0 Å². The minimum atomic E-state index is -4.25. The minimum absolute atomic E-state index is 0.0177. The molecule has 47 heavy (non-hydrogen) atoms. The predicted octanol–water partition coefficient (Wildman–Crippen LogP) is 8.02. The Morgan fingerprint density at radius 2 is 1.51 bits per heavy atom. The van der Waals surface area contributed by atoms with Gasteiger partial charge < -0.3 is 10.2 Å². The van der Waals surface area contributed by atoms with Crippen LogP contribution in [0.1, 0.15) is 42.0 Å². The summed E-state index contributed by atoms with van der Waals surface area (Å²) in [5.74, 6) is -0.910. The molecular weight excluding hydrogens is 677 g/mol. The molecule has 0 aliphatic heterocycles. The smallest absolute Gasteiger partial charge is 0.264 e. The molecule has 0 heterocycles. The van der Waals surface area contributed by atoms with E-state index >= 15 is 0 Å². The van der Waals surface area contributed by atoms with Gasteiger partial charge in [0.25, 0.3) is 10.0 Å². The van der Waals surface area contributed by atoms with Crippen molar-refractivity contribution < 1.29 is 18.0 Å². The van der Waals surface area contributed by atoms with Gasteiger partial charge in [0.05, 0.1) is 20.6 Å². The lowest BCUT2D eigenvalue weighted by atomic mass is 10.0. The Hall–Kier alpha value is -3.56. The van der Waals surface area contributed by atoms with Gasteiger partial charge in [-0.15, -0.1) is 0 Å². The first-order valence-corrected chi connectivity index (χ1v) is 17.9. The number of hydrogen-bond acceptors (Lipinski definition) is 4. The number of benzene rings is 4. The van der Waals surface area contributed by atoms with E-state index in [9.17, 15) is 18.0 Å². The third kappa shape index (κ3) is 9.51. The molecular formula is C36H38Cl3N3O4S. The summed E-state index contributed by atoms with van der Waals surface area (Å²) >= 11 is 18.6. The maximum atomic E-state index is 14.6. The Kier molecular flexibility index (Phi) is 12.7. The molecule has 0 saturated heterocycles. The number of sulfonamides is 1. The van der Waals surface area contributed by atoms with Crippen molar-refractivity contribution in [2.75, 3.05) is 17.4 Å². The van der Waals surface area contributed by atoms with E-state index in [0.717, 1.165) is 33.8 Å². The molecule has 0 aromatic heterocycles. The van der Waals surface area contributed by atoms with E-state index in [1.54, 1.807) is 30.3 Å². The molecule has 4 rings (SSSR count). The second-order valence-corrected chi connectivity index (χ2v) is 14.5. The first-order valence-electron chi connectivity index (χ1n) is 15.3. The Morgan fingerprint density at radius 1 is 0.809 bits per heavy atom. The van der Waals surface area contributed by atoms with Crippen LogP contribution < -0.4 is 9.62 Å². The molecule has 2 amide bonds. The van der Waals surface area contributed by atoms with Crippen LogP contribution >= 0.6 is 34.8 Å². The summed E-state index contributed by atoms with van der Waals surface area (Å²) in [6.07, 6.45) is 1.85. The van der Waals surface area contributed by atoms with E-state index in [4.69, 9.17) is 34.8 Å². The molecule has 4 aromatic carbocycles. The van der Waals surface area contributed by atoms with Crippen molar-refractivity contribution >= 4 is 62.3 Å². The molecule has 0 radical (unpaired) electrons. The number of nitrogens with one attached hydrogen (secondary N) is 1. The predicted molar refractivity (Wildman–Crippen MR) is 191 cm³/mol. The largest absolute Gasteiger partial charge is 0.354 e. The quantitative estimate of drug-likeness (QED) is 0.134. The normalized spacial score (nSPS) is 12.0. The minimum Gasteiger partial charge on any atom is -0.354 e. The van der Waals surface area contributed by atoms with Crippen molar-refractivity contribution in [3.8, 4) is 0 Å². The fourth-order valence-electron chi connectivity index (χ4n) is 5.04. The zero-order valence-corrected chi connectivity index (χ0v) is 29.6. The zero-order valence-electron chi connectivity index (χ0n) is 26.5. The topological polar surface area (TPSA) is 86.8 Å². The molecule has 0 saturated carbocycles. The second kappa shape index (κ2) is 16.5.